The summed E-state index contributed by atoms with van der Waals surface area (Å²) in [6.07, 6.45) is 3.23. The topological polar surface area (TPSA) is 85.6 Å². The summed E-state index contributed by atoms with van der Waals surface area (Å²) >= 11 is 4.91. The Hall–Kier alpha value is -2.65. The Morgan fingerprint density at radius 2 is 1.91 bits per heavy atom. The number of amides is 1. The summed E-state index contributed by atoms with van der Waals surface area (Å²) in [5, 5.41) is 6.96. The normalized spacial score (nSPS) is 15.0. The van der Waals surface area contributed by atoms with E-state index in [0.29, 0.717) is 22.9 Å². The van der Waals surface area contributed by atoms with Crippen LogP contribution in [0.1, 0.15) is 34.3 Å². The molecule has 1 amide bonds. The minimum atomic E-state index is -0.212. The number of nitrogens with one attached hydrogen (secondary N) is 2. The summed E-state index contributed by atoms with van der Waals surface area (Å²) in [7, 11) is 4.72. The lowest BCUT2D eigenvalue weighted by molar-refractivity contribution is 0.0962. The second-order valence-corrected chi connectivity index (χ2v) is 9.71. The van der Waals surface area contributed by atoms with Crippen LogP contribution in [0, 0.1) is 0 Å². The number of benzene rings is 2. The number of hydrogen-bond acceptors (Lipinski definition) is 7. The molecule has 3 aromatic rings. The molecule has 0 saturated heterocycles. The number of ether oxygens (including phenoxy) is 2. The SMILES string of the molecule is CNC(=O)c1cc(OC)c(SNc2noc3c2CC2(CC2)c2ccc(Br)cc2-3)c(OC)c1. The van der Waals surface area contributed by atoms with Gasteiger partial charge in [0.15, 0.2) is 11.6 Å². The lowest BCUT2D eigenvalue weighted by Crippen LogP contribution is -2.18. The first kappa shape index (κ1) is 21.2. The summed E-state index contributed by atoms with van der Waals surface area (Å²) in [6, 6.07) is 9.78. The summed E-state index contributed by atoms with van der Waals surface area (Å²) < 4.78 is 21.2. The number of rotatable bonds is 6. The Balaban J connectivity index is 1.48. The van der Waals surface area contributed by atoms with Gasteiger partial charge in [-0.05, 0) is 61.0 Å². The minimum absolute atomic E-state index is 0.181. The largest absolute Gasteiger partial charge is 0.495 e. The molecule has 5 rings (SSSR count). The van der Waals surface area contributed by atoms with Gasteiger partial charge in [0, 0.05) is 33.6 Å². The second kappa shape index (κ2) is 8.04. The number of nitrogens with zero attached hydrogens (tertiary/aromatic N) is 1. The zero-order chi connectivity index (χ0) is 22.5. The third kappa shape index (κ3) is 3.44. The van der Waals surface area contributed by atoms with Crippen LogP contribution in [-0.2, 0) is 11.8 Å². The zero-order valence-corrected chi connectivity index (χ0v) is 20.3. The first-order valence-electron chi connectivity index (χ1n) is 10.2. The average molecular weight is 516 g/mol. The first-order chi connectivity index (χ1) is 15.5. The lowest BCUT2D eigenvalue weighted by Gasteiger charge is -2.24. The standard InChI is InChI=1S/C23H22BrN3O4S/c1-25-22(28)12-8-17(29-2)20(18(9-12)30-3)32-27-21-15-11-23(6-7-23)16-5-4-13(24)10-14(16)19(15)31-26-21/h4-5,8-10H,6-7,11H2,1-3H3,(H,25,28)(H,26,27). The Bertz CT molecular complexity index is 1200. The van der Waals surface area contributed by atoms with Gasteiger partial charge in [0.2, 0.25) is 0 Å². The van der Waals surface area contributed by atoms with E-state index in [1.54, 1.807) is 33.4 Å². The van der Waals surface area contributed by atoms with Crippen molar-refractivity contribution in [2.75, 3.05) is 26.0 Å². The summed E-state index contributed by atoms with van der Waals surface area (Å²) in [6.45, 7) is 0. The third-order valence-corrected chi connectivity index (χ3v) is 7.55. The summed E-state index contributed by atoms with van der Waals surface area (Å²) in [5.41, 5.74) is 4.17. The highest BCUT2D eigenvalue weighted by atomic mass is 79.9. The van der Waals surface area contributed by atoms with Gasteiger partial charge in [-0.1, -0.05) is 27.2 Å². The van der Waals surface area contributed by atoms with E-state index < -0.39 is 0 Å². The molecule has 0 radical (unpaired) electrons. The molecule has 0 aliphatic heterocycles. The average Bonchev–Trinajstić information content (AvgIpc) is 3.46. The Morgan fingerprint density at radius 1 is 1.19 bits per heavy atom. The molecule has 1 heterocycles. The van der Waals surface area contributed by atoms with Gasteiger partial charge in [-0.2, -0.15) is 0 Å². The second-order valence-electron chi connectivity index (χ2n) is 7.98. The monoisotopic (exact) mass is 515 g/mol. The maximum atomic E-state index is 12.1. The van der Waals surface area contributed by atoms with E-state index in [4.69, 9.17) is 14.0 Å². The van der Waals surface area contributed by atoms with Crippen LogP contribution in [0.15, 0.2) is 44.2 Å². The smallest absolute Gasteiger partial charge is 0.251 e. The van der Waals surface area contributed by atoms with Crippen LogP contribution in [0.5, 0.6) is 11.5 Å². The molecule has 2 aliphatic carbocycles. The van der Waals surface area contributed by atoms with Gasteiger partial charge in [-0.3, -0.25) is 4.79 Å². The minimum Gasteiger partial charge on any atom is -0.495 e. The molecule has 1 saturated carbocycles. The molecule has 1 fully saturated rings. The van der Waals surface area contributed by atoms with Gasteiger partial charge in [0.1, 0.15) is 16.4 Å². The van der Waals surface area contributed by atoms with Crippen LogP contribution in [-0.4, -0.2) is 32.3 Å². The highest BCUT2D eigenvalue weighted by molar-refractivity contribution is 9.10. The molecule has 0 unspecified atom stereocenters. The van der Waals surface area contributed by atoms with Crippen molar-refractivity contribution >= 4 is 39.6 Å². The highest BCUT2D eigenvalue weighted by Crippen LogP contribution is 2.58. The number of aromatic nitrogens is 1. The van der Waals surface area contributed by atoms with Crippen LogP contribution in [0.4, 0.5) is 5.82 Å². The number of carbonyl (C=O) groups is 1. The number of anilines is 1. The van der Waals surface area contributed by atoms with Gasteiger partial charge in [-0.15, -0.1) is 0 Å². The number of hydrogen-bond donors (Lipinski definition) is 2. The molecule has 9 heteroatoms. The fourth-order valence-corrected chi connectivity index (χ4v) is 5.52. The van der Waals surface area contributed by atoms with Crippen molar-refractivity contribution in [1.29, 1.82) is 0 Å². The first-order valence-corrected chi connectivity index (χ1v) is 11.8. The van der Waals surface area contributed by atoms with Crippen LogP contribution < -0.4 is 19.5 Å². The molecular weight excluding hydrogens is 494 g/mol. The van der Waals surface area contributed by atoms with Crippen molar-refractivity contribution in [1.82, 2.24) is 10.5 Å². The van der Waals surface area contributed by atoms with E-state index in [1.165, 1.54) is 30.4 Å². The van der Waals surface area contributed by atoms with E-state index in [-0.39, 0.29) is 11.3 Å². The third-order valence-electron chi connectivity index (χ3n) is 6.15. The number of fused-ring (bicyclic) bond motifs is 4. The predicted molar refractivity (Wildman–Crippen MR) is 127 cm³/mol. The number of methoxy groups -OCH3 is 2. The molecule has 1 spiro atoms. The molecule has 2 N–H and O–H groups in total. The fraction of sp³-hybridized carbons (Fsp3) is 0.304. The lowest BCUT2D eigenvalue weighted by atomic mass is 9.79. The van der Waals surface area contributed by atoms with Crippen LogP contribution in [0.3, 0.4) is 0 Å². The molecular formula is C23H22BrN3O4S. The van der Waals surface area contributed by atoms with Crippen molar-refractivity contribution in [2.24, 2.45) is 0 Å². The number of halogens is 1. The van der Waals surface area contributed by atoms with Crippen molar-refractivity contribution in [3.63, 3.8) is 0 Å². The van der Waals surface area contributed by atoms with Gasteiger partial charge < -0.3 is 24.0 Å². The van der Waals surface area contributed by atoms with Gasteiger partial charge >= 0.3 is 0 Å². The summed E-state index contributed by atoms with van der Waals surface area (Å²) in [5.74, 6) is 2.37. The predicted octanol–water partition coefficient (Wildman–Crippen LogP) is 5.19. The molecule has 7 nitrogen and oxygen atoms in total. The van der Waals surface area contributed by atoms with Crippen LogP contribution >= 0.6 is 27.9 Å². The van der Waals surface area contributed by atoms with Gasteiger partial charge in [-0.25, -0.2) is 0 Å². The Morgan fingerprint density at radius 3 is 2.53 bits per heavy atom. The fourth-order valence-electron chi connectivity index (χ4n) is 4.32. The van der Waals surface area contributed by atoms with Crippen molar-refractivity contribution in [3.05, 3.63) is 51.5 Å². The van der Waals surface area contributed by atoms with Crippen molar-refractivity contribution in [2.45, 2.75) is 29.6 Å². The van der Waals surface area contributed by atoms with E-state index in [0.717, 1.165) is 32.7 Å². The van der Waals surface area contributed by atoms with E-state index >= 15 is 0 Å². The molecule has 32 heavy (non-hydrogen) atoms. The van der Waals surface area contributed by atoms with E-state index in [1.807, 2.05) is 0 Å². The van der Waals surface area contributed by atoms with Crippen LogP contribution in [0.25, 0.3) is 11.3 Å². The van der Waals surface area contributed by atoms with Crippen molar-refractivity contribution < 1.29 is 18.8 Å². The molecule has 166 valence electrons. The van der Waals surface area contributed by atoms with Crippen LogP contribution in [0.2, 0.25) is 0 Å². The molecule has 2 aromatic carbocycles. The maximum absolute atomic E-state index is 12.1. The molecule has 0 atom stereocenters. The van der Waals surface area contributed by atoms with E-state index in [9.17, 15) is 4.79 Å². The van der Waals surface area contributed by atoms with Gasteiger partial charge in [0.25, 0.3) is 5.91 Å². The highest BCUT2D eigenvalue weighted by Gasteiger charge is 2.50. The maximum Gasteiger partial charge on any atom is 0.251 e. The Kier molecular flexibility index (Phi) is 5.33. The van der Waals surface area contributed by atoms with Gasteiger partial charge in [0.05, 0.1) is 14.2 Å². The Labute approximate surface area is 198 Å². The van der Waals surface area contributed by atoms with E-state index in [2.05, 4.69) is 49.3 Å². The zero-order valence-electron chi connectivity index (χ0n) is 17.9. The molecule has 0 bridgehead atoms. The van der Waals surface area contributed by atoms with Crippen molar-refractivity contribution in [3.8, 4) is 22.8 Å². The molecule has 2 aliphatic rings. The quantitative estimate of drug-likeness (QED) is 0.437. The number of carbonyl (C=O) groups excluding carboxylic acids is 1. The molecule has 1 aromatic heterocycles. The summed E-state index contributed by atoms with van der Waals surface area (Å²) in [4.78, 5) is 12.8.